The monoisotopic (exact) mass is 340 g/mol. The summed E-state index contributed by atoms with van der Waals surface area (Å²) in [6.07, 6.45) is 2.97. The van der Waals surface area contributed by atoms with E-state index in [1.165, 1.54) is 0 Å². The van der Waals surface area contributed by atoms with Crippen LogP contribution in [0.1, 0.15) is 28.8 Å². The van der Waals surface area contributed by atoms with E-state index in [2.05, 4.69) is 4.72 Å². The van der Waals surface area contributed by atoms with Gasteiger partial charge in [-0.3, -0.25) is 4.79 Å². The van der Waals surface area contributed by atoms with Crippen molar-refractivity contribution in [1.29, 1.82) is 0 Å². The van der Waals surface area contributed by atoms with Crippen molar-refractivity contribution in [2.24, 2.45) is 5.92 Å². The van der Waals surface area contributed by atoms with Crippen molar-refractivity contribution < 1.29 is 17.9 Å². The molecule has 0 radical (unpaired) electrons. The number of hydrogen-bond donors (Lipinski definition) is 1. The second-order valence-electron chi connectivity index (χ2n) is 6.01. The topological polar surface area (TPSA) is 75.7 Å². The molecule has 1 N–H and O–H groups in total. The Hall–Kier alpha value is -1.44. The van der Waals surface area contributed by atoms with Crippen LogP contribution in [0.5, 0.6) is 0 Å². The number of hydrogen-bond acceptors (Lipinski definition) is 4. The number of rotatable bonds is 6. The summed E-state index contributed by atoms with van der Waals surface area (Å²) in [5, 5.41) is 0. The maximum atomic E-state index is 12.6. The van der Waals surface area contributed by atoms with E-state index in [1.54, 1.807) is 13.2 Å². The van der Waals surface area contributed by atoms with E-state index >= 15 is 0 Å². The molecule has 7 heteroatoms. The minimum Gasteiger partial charge on any atom is -0.380 e. The SMILES string of the molecule is COCc1cccc(C(=O)N2CCC[C@@H](CNS(C)(=O)=O)C2)c1. The Kier molecular flexibility index (Phi) is 6.15. The molecule has 1 aliphatic heterocycles. The van der Waals surface area contributed by atoms with E-state index in [0.717, 1.165) is 24.7 Å². The average molecular weight is 340 g/mol. The van der Waals surface area contributed by atoms with Gasteiger partial charge in [0.2, 0.25) is 10.0 Å². The number of carbonyl (C=O) groups is 1. The summed E-state index contributed by atoms with van der Waals surface area (Å²) >= 11 is 0. The first-order valence-electron chi connectivity index (χ1n) is 7.71. The summed E-state index contributed by atoms with van der Waals surface area (Å²) in [5.41, 5.74) is 1.61. The Morgan fingerprint density at radius 3 is 2.91 bits per heavy atom. The van der Waals surface area contributed by atoms with Crippen LogP contribution in [0, 0.1) is 5.92 Å². The normalized spacial score (nSPS) is 18.9. The van der Waals surface area contributed by atoms with Gasteiger partial charge in [0.15, 0.2) is 0 Å². The van der Waals surface area contributed by atoms with Gasteiger partial charge >= 0.3 is 0 Å². The van der Waals surface area contributed by atoms with E-state index in [9.17, 15) is 13.2 Å². The molecule has 2 rings (SSSR count). The molecule has 6 nitrogen and oxygen atoms in total. The predicted octanol–water partition coefficient (Wildman–Crippen LogP) is 1.23. The van der Waals surface area contributed by atoms with Gasteiger partial charge in [-0.25, -0.2) is 13.1 Å². The minimum absolute atomic E-state index is 0.00740. The lowest BCUT2D eigenvalue weighted by atomic mass is 9.97. The predicted molar refractivity (Wildman–Crippen MR) is 88.6 cm³/mol. The Morgan fingerprint density at radius 2 is 2.22 bits per heavy atom. The van der Waals surface area contributed by atoms with Crippen molar-refractivity contribution in [2.45, 2.75) is 19.4 Å². The van der Waals surface area contributed by atoms with Gasteiger partial charge in [-0.15, -0.1) is 0 Å². The van der Waals surface area contributed by atoms with Crippen LogP contribution >= 0.6 is 0 Å². The lowest BCUT2D eigenvalue weighted by Gasteiger charge is -2.33. The number of amides is 1. The summed E-state index contributed by atoms with van der Waals surface area (Å²) in [4.78, 5) is 14.5. The Morgan fingerprint density at radius 1 is 1.43 bits per heavy atom. The second-order valence-corrected chi connectivity index (χ2v) is 7.85. The highest BCUT2D eigenvalue weighted by Crippen LogP contribution is 2.19. The van der Waals surface area contributed by atoms with Gasteiger partial charge in [0.05, 0.1) is 12.9 Å². The number of piperidine rings is 1. The largest absolute Gasteiger partial charge is 0.380 e. The Labute approximate surface area is 137 Å². The van der Waals surface area contributed by atoms with Gasteiger partial charge in [-0.1, -0.05) is 12.1 Å². The zero-order valence-corrected chi connectivity index (χ0v) is 14.4. The summed E-state index contributed by atoms with van der Waals surface area (Å²) in [7, 11) is -1.57. The molecule has 1 amide bonds. The van der Waals surface area contributed by atoms with Crippen LogP contribution in [-0.2, 0) is 21.4 Å². The lowest BCUT2D eigenvalue weighted by molar-refractivity contribution is 0.0676. The standard InChI is InChI=1S/C16H24N2O4S/c1-22-12-13-5-3-7-15(9-13)16(19)18-8-4-6-14(11-18)10-17-23(2,20)21/h3,5,7,9,14,17H,4,6,8,10-12H2,1-2H3/t14-/m0/s1. The first-order chi connectivity index (χ1) is 10.9. The number of likely N-dealkylation sites (tertiary alicyclic amines) is 1. The van der Waals surface area contributed by atoms with Crippen molar-refractivity contribution in [3.05, 3.63) is 35.4 Å². The zero-order valence-electron chi connectivity index (χ0n) is 13.6. The number of benzene rings is 1. The highest BCUT2D eigenvalue weighted by molar-refractivity contribution is 7.88. The summed E-state index contributed by atoms with van der Waals surface area (Å²) in [6, 6.07) is 7.44. The molecule has 0 saturated carbocycles. The Balaban J connectivity index is 2.00. The van der Waals surface area contributed by atoms with Crippen molar-refractivity contribution in [2.75, 3.05) is 33.0 Å². The van der Waals surface area contributed by atoms with Gasteiger partial charge < -0.3 is 9.64 Å². The molecule has 1 heterocycles. The van der Waals surface area contributed by atoms with Gasteiger partial charge in [0.1, 0.15) is 0 Å². The van der Waals surface area contributed by atoms with Crippen molar-refractivity contribution in [3.8, 4) is 0 Å². The number of carbonyl (C=O) groups excluding carboxylic acids is 1. The fourth-order valence-electron chi connectivity index (χ4n) is 2.83. The van der Waals surface area contributed by atoms with E-state index in [4.69, 9.17) is 4.74 Å². The molecule has 128 valence electrons. The maximum absolute atomic E-state index is 12.6. The molecule has 0 bridgehead atoms. The number of ether oxygens (including phenoxy) is 1. The fraction of sp³-hybridized carbons (Fsp3) is 0.562. The number of nitrogens with zero attached hydrogens (tertiary/aromatic N) is 1. The quantitative estimate of drug-likeness (QED) is 0.845. The molecule has 1 aromatic carbocycles. The Bertz CT molecular complexity index is 645. The number of methoxy groups -OCH3 is 1. The highest BCUT2D eigenvalue weighted by Gasteiger charge is 2.25. The molecule has 1 saturated heterocycles. The third kappa shape index (κ3) is 5.60. The first kappa shape index (κ1) is 17.9. The van der Waals surface area contributed by atoms with E-state index in [1.807, 2.05) is 23.1 Å². The zero-order chi connectivity index (χ0) is 16.9. The molecular weight excluding hydrogens is 316 g/mol. The van der Waals surface area contributed by atoms with Crippen LogP contribution in [-0.4, -0.2) is 52.2 Å². The molecule has 0 spiro atoms. The minimum atomic E-state index is -3.19. The second kappa shape index (κ2) is 7.90. The van der Waals surface area contributed by atoms with Crippen molar-refractivity contribution >= 4 is 15.9 Å². The molecule has 1 aliphatic rings. The van der Waals surface area contributed by atoms with Gasteiger partial charge in [0.25, 0.3) is 5.91 Å². The molecule has 1 fully saturated rings. The van der Waals surface area contributed by atoms with Gasteiger partial charge in [-0.05, 0) is 36.5 Å². The fourth-order valence-corrected chi connectivity index (χ4v) is 3.37. The lowest BCUT2D eigenvalue weighted by Crippen LogP contribution is -2.43. The van der Waals surface area contributed by atoms with Crippen LogP contribution in [0.4, 0.5) is 0 Å². The van der Waals surface area contributed by atoms with Crippen molar-refractivity contribution in [3.63, 3.8) is 0 Å². The van der Waals surface area contributed by atoms with E-state index in [0.29, 0.717) is 31.8 Å². The number of nitrogens with one attached hydrogen (secondary N) is 1. The maximum Gasteiger partial charge on any atom is 0.253 e. The van der Waals surface area contributed by atoms with Crippen LogP contribution in [0.2, 0.25) is 0 Å². The first-order valence-corrected chi connectivity index (χ1v) is 9.60. The van der Waals surface area contributed by atoms with Crippen LogP contribution < -0.4 is 4.72 Å². The van der Waals surface area contributed by atoms with Gasteiger partial charge in [0, 0.05) is 32.3 Å². The summed E-state index contributed by atoms with van der Waals surface area (Å²) in [6.45, 7) is 2.15. The van der Waals surface area contributed by atoms with E-state index < -0.39 is 10.0 Å². The number of sulfonamides is 1. The third-order valence-corrected chi connectivity index (χ3v) is 4.62. The average Bonchev–Trinajstić information content (AvgIpc) is 2.52. The molecule has 1 aromatic rings. The summed E-state index contributed by atoms with van der Waals surface area (Å²) in [5.74, 6) is 0.150. The van der Waals surface area contributed by atoms with Crippen LogP contribution in [0.3, 0.4) is 0 Å². The van der Waals surface area contributed by atoms with E-state index in [-0.39, 0.29) is 11.8 Å². The van der Waals surface area contributed by atoms with Crippen LogP contribution in [0.25, 0.3) is 0 Å². The highest BCUT2D eigenvalue weighted by atomic mass is 32.2. The molecule has 0 unspecified atom stereocenters. The van der Waals surface area contributed by atoms with Crippen molar-refractivity contribution in [1.82, 2.24) is 9.62 Å². The third-order valence-electron chi connectivity index (χ3n) is 3.93. The van der Waals surface area contributed by atoms with Gasteiger partial charge in [-0.2, -0.15) is 0 Å². The molecule has 1 atom stereocenters. The molecule has 0 aromatic heterocycles. The molecular formula is C16H24N2O4S. The van der Waals surface area contributed by atoms with Crippen LogP contribution in [0.15, 0.2) is 24.3 Å². The smallest absolute Gasteiger partial charge is 0.253 e. The molecule has 0 aliphatic carbocycles. The molecule has 23 heavy (non-hydrogen) atoms. The summed E-state index contributed by atoms with van der Waals surface area (Å²) < 4.78 is 30.0.